The fourth-order valence-electron chi connectivity index (χ4n) is 1.70. The zero-order valence-electron chi connectivity index (χ0n) is 11.7. The molecule has 1 amide bonds. The summed E-state index contributed by atoms with van der Waals surface area (Å²) in [5, 5.41) is 2.20. The Balaban J connectivity index is 2.48. The molecule has 0 saturated carbocycles. The lowest BCUT2D eigenvalue weighted by molar-refractivity contribution is -0.123. The average molecular weight is 286 g/mol. The van der Waals surface area contributed by atoms with E-state index in [1.165, 1.54) is 0 Å². The summed E-state index contributed by atoms with van der Waals surface area (Å²) in [7, 11) is 1.57. The fourth-order valence-corrected chi connectivity index (χ4v) is 1.70. The van der Waals surface area contributed by atoms with Crippen molar-refractivity contribution in [3.05, 3.63) is 29.8 Å². The summed E-state index contributed by atoms with van der Waals surface area (Å²) in [6.07, 6.45) is 0.146. The van der Waals surface area contributed by atoms with Gasteiger partial charge in [-0.2, -0.15) is 0 Å². The van der Waals surface area contributed by atoms with Crippen LogP contribution in [0.15, 0.2) is 24.3 Å². The maximum atomic E-state index is 12.9. The van der Waals surface area contributed by atoms with Crippen LogP contribution in [0.5, 0.6) is 5.75 Å². The largest absolute Gasteiger partial charge is 0.497 e. The number of benzene rings is 1. The Hall–Kier alpha value is -1.69. The molecule has 0 spiro atoms. The second-order valence-corrected chi connectivity index (χ2v) is 4.72. The molecule has 0 bridgehead atoms. The van der Waals surface area contributed by atoms with Crippen molar-refractivity contribution in [2.75, 3.05) is 20.2 Å². The average Bonchev–Trinajstić information content (AvgIpc) is 2.45. The standard InChI is InChI=1S/C14H20F2N2O2/c1-10(11-3-5-12(20-2)6-4-11)7-13(19)18-9-14(15,16)8-17/h3-6,10H,7-9,17H2,1-2H3,(H,18,19). The molecule has 0 aromatic heterocycles. The Morgan fingerprint density at radius 1 is 1.40 bits per heavy atom. The molecular formula is C14H20F2N2O2. The van der Waals surface area contributed by atoms with Crippen LogP contribution in [0.25, 0.3) is 0 Å². The first-order valence-corrected chi connectivity index (χ1v) is 6.36. The van der Waals surface area contributed by atoms with Crippen molar-refractivity contribution in [2.24, 2.45) is 5.73 Å². The van der Waals surface area contributed by atoms with E-state index in [1.54, 1.807) is 19.2 Å². The number of carbonyl (C=O) groups excluding carboxylic acids is 1. The Labute approximate surface area is 117 Å². The molecule has 1 rings (SSSR count). The lowest BCUT2D eigenvalue weighted by Crippen LogP contribution is -2.41. The van der Waals surface area contributed by atoms with E-state index in [0.29, 0.717) is 0 Å². The van der Waals surface area contributed by atoms with Gasteiger partial charge in [0.2, 0.25) is 5.91 Å². The van der Waals surface area contributed by atoms with Crippen LogP contribution < -0.4 is 15.8 Å². The number of hydrogen-bond donors (Lipinski definition) is 2. The smallest absolute Gasteiger partial charge is 0.277 e. The number of nitrogens with one attached hydrogen (secondary N) is 1. The Kier molecular flexibility index (Phi) is 5.88. The molecule has 112 valence electrons. The second kappa shape index (κ2) is 7.19. The quantitative estimate of drug-likeness (QED) is 0.804. The van der Waals surface area contributed by atoms with Gasteiger partial charge in [0, 0.05) is 6.42 Å². The van der Waals surface area contributed by atoms with E-state index in [1.807, 2.05) is 19.1 Å². The van der Waals surface area contributed by atoms with Crippen LogP contribution >= 0.6 is 0 Å². The van der Waals surface area contributed by atoms with E-state index in [2.05, 4.69) is 5.32 Å². The van der Waals surface area contributed by atoms with Crippen LogP contribution in [0.3, 0.4) is 0 Å². The summed E-state index contributed by atoms with van der Waals surface area (Å²) in [4.78, 5) is 11.6. The number of methoxy groups -OCH3 is 1. The molecule has 4 nitrogen and oxygen atoms in total. The van der Waals surface area contributed by atoms with Crippen LogP contribution in [-0.2, 0) is 4.79 Å². The minimum atomic E-state index is -3.06. The van der Waals surface area contributed by atoms with Gasteiger partial charge in [-0.15, -0.1) is 0 Å². The predicted octanol–water partition coefficient (Wildman–Crippen LogP) is 1.90. The number of alkyl halides is 2. The summed E-state index contributed by atoms with van der Waals surface area (Å²) in [5.41, 5.74) is 5.85. The van der Waals surface area contributed by atoms with Crippen molar-refractivity contribution in [1.29, 1.82) is 0 Å². The molecule has 0 aliphatic rings. The van der Waals surface area contributed by atoms with Gasteiger partial charge in [-0.05, 0) is 23.6 Å². The van der Waals surface area contributed by atoms with Crippen molar-refractivity contribution < 1.29 is 18.3 Å². The molecule has 0 radical (unpaired) electrons. The minimum absolute atomic E-state index is 0.0626. The van der Waals surface area contributed by atoms with E-state index in [4.69, 9.17) is 10.5 Å². The van der Waals surface area contributed by atoms with Crippen LogP contribution in [0.2, 0.25) is 0 Å². The molecule has 1 aromatic carbocycles. The Morgan fingerprint density at radius 3 is 2.50 bits per heavy atom. The lowest BCUT2D eigenvalue weighted by atomic mass is 9.97. The van der Waals surface area contributed by atoms with Crippen LogP contribution in [0, 0.1) is 0 Å². The molecular weight excluding hydrogens is 266 g/mol. The second-order valence-electron chi connectivity index (χ2n) is 4.72. The van der Waals surface area contributed by atoms with Gasteiger partial charge in [0.1, 0.15) is 5.75 Å². The SMILES string of the molecule is COc1ccc(C(C)CC(=O)NCC(F)(F)CN)cc1. The van der Waals surface area contributed by atoms with Gasteiger partial charge in [-0.1, -0.05) is 19.1 Å². The summed E-state index contributed by atoms with van der Waals surface area (Å²) >= 11 is 0. The van der Waals surface area contributed by atoms with Crippen LogP contribution in [0.4, 0.5) is 8.78 Å². The normalized spacial score (nSPS) is 12.8. The Morgan fingerprint density at radius 2 is 2.00 bits per heavy atom. The van der Waals surface area contributed by atoms with Gasteiger partial charge in [0.15, 0.2) is 0 Å². The van der Waals surface area contributed by atoms with Crippen molar-refractivity contribution >= 4 is 5.91 Å². The van der Waals surface area contributed by atoms with Crippen molar-refractivity contribution in [3.63, 3.8) is 0 Å². The van der Waals surface area contributed by atoms with Gasteiger partial charge in [-0.25, -0.2) is 8.78 Å². The van der Waals surface area contributed by atoms with Crippen molar-refractivity contribution in [2.45, 2.75) is 25.2 Å². The van der Waals surface area contributed by atoms with Crippen LogP contribution in [0.1, 0.15) is 24.8 Å². The van der Waals surface area contributed by atoms with E-state index in [9.17, 15) is 13.6 Å². The zero-order valence-corrected chi connectivity index (χ0v) is 11.7. The number of hydrogen-bond acceptors (Lipinski definition) is 3. The lowest BCUT2D eigenvalue weighted by Gasteiger charge is -2.16. The molecule has 0 aliphatic carbocycles. The number of halogens is 2. The zero-order chi connectivity index (χ0) is 15.2. The Bertz CT molecular complexity index is 435. The van der Waals surface area contributed by atoms with Crippen LogP contribution in [-0.4, -0.2) is 32.0 Å². The molecule has 0 saturated heterocycles. The van der Waals surface area contributed by atoms with E-state index < -0.39 is 24.9 Å². The first-order valence-electron chi connectivity index (χ1n) is 6.36. The number of nitrogens with two attached hydrogens (primary N) is 1. The summed E-state index contributed by atoms with van der Waals surface area (Å²) < 4.78 is 30.9. The maximum Gasteiger partial charge on any atom is 0.277 e. The highest BCUT2D eigenvalue weighted by atomic mass is 19.3. The van der Waals surface area contributed by atoms with E-state index in [-0.39, 0.29) is 12.3 Å². The van der Waals surface area contributed by atoms with Gasteiger partial charge in [0.25, 0.3) is 5.92 Å². The van der Waals surface area contributed by atoms with E-state index >= 15 is 0 Å². The predicted molar refractivity (Wildman–Crippen MR) is 73.0 cm³/mol. The number of rotatable bonds is 7. The molecule has 1 unspecified atom stereocenters. The molecule has 0 aliphatic heterocycles. The summed E-state index contributed by atoms with van der Waals surface area (Å²) in [6, 6.07) is 7.30. The highest BCUT2D eigenvalue weighted by Crippen LogP contribution is 2.21. The highest BCUT2D eigenvalue weighted by molar-refractivity contribution is 5.76. The molecule has 0 fully saturated rings. The van der Waals surface area contributed by atoms with Gasteiger partial charge < -0.3 is 15.8 Å². The first-order chi connectivity index (χ1) is 9.38. The number of ether oxygens (including phenoxy) is 1. The third-order valence-corrected chi connectivity index (χ3v) is 3.02. The minimum Gasteiger partial charge on any atom is -0.497 e. The summed E-state index contributed by atoms with van der Waals surface area (Å²) in [5.74, 6) is -2.80. The van der Waals surface area contributed by atoms with Crippen molar-refractivity contribution in [1.82, 2.24) is 5.32 Å². The third kappa shape index (κ3) is 5.13. The fraction of sp³-hybridized carbons (Fsp3) is 0.500. The molecule has 1 atom stereocenters. The molecule has 6 heteroatoms. The van der Waals surface area contributed by atoms with E-state index in [0.717, 1.165) is 11.3 Å². The molecule has 20 heavy (non-hydrogen) atoms. The maximum absolute atomic E-state index is 12.9. The highest BCUT2D eigenvalue weighted by Gasteiger charge is 2.27. The molecule has 3 N–H and O–H groups in total. The number of amides is 1. The first kappa shape index (κ1) is 16.4. The van der Waals surface area contributed by atoms with Gasteiger partial charge >= 0.3 is 0 Å². The molecule has 0 heterocycles. The summed E-state index contributed by atoms with van der Waals surface area (Å²) in [6.45, 7) is 0.363. The topological polar surface area (TPSA) is 64.3 Å². The number of carbonyl (C=O) groups is 1. The van der Waals surface area contributed by atoms with Gasteiger partial charge in [-0.3, -0.25) is 4.79 Å². The van der Waals surface area contributed by atoms with Gasteiger partial charge in [0.05, 0.1) is 20.2 Å². The van der Waals surface area contributed by atoms with Crippen molar-refractivity contribution in [3.8, 4) is 5.75 Å². The monoisotopic (exact) mass is 286 g/mol. The third-order valence-electron chi connectivity index (χ3n) is 3.02. The molecule has 1 aromatic rings.